The number of carboxylic acids is 1. The zero-order valence-electron chi connectivity index (χ0n) is 13.8. The van der Waals surface area contributed by atoms with Crippen LogP contribution in [0.1, 0.15) is 31.4 Å². The molecule has 0 bridgehead atoms. The third-order valence-corrected chi connectivity index (χ3v) is 5.35. The average molecular weight is 359 g/mol. The van der Waals surface area contributed by atoms with Crippen LogP contribution < -0.4 is 10.6 Å². The van der Waals surface area contributed by atoms with E-state index in [2.05, 4.69) is 15.6 Å². The van der Waals surface area contributed by atoms with E-state index in [4.69, 9.17) is 5.11 Å². The predicted octanol–water partition coefficient (Wildman–Crippen LogP) is 3.25. The molecule has 1 fully saturated rings. The molecule has 3 N–H and O–H groups in total. The van der Waals surface area contributed by atoms with Gasteiger partial charge in [0.05, 0.1) is 18.2 Å². The molecule has 0 saturated heterocycles. The van der Waals surface area contributed by atoms with Crippen LogP contribution in [0.5, 0.6) is 0 Å². The highest BCUT2D eigenvalue weighted by Crippen LogP contribution is 2.25. The number of benzene rings is 1. The highest BCUT2D eigenvalue weighted by Gasteiger charge is 2.26. The summed E-state index contributed by atoms with van der Waals surface area (Å²) in [5.74, 6) is -1.01. The molecule has 3 rings (SSSR count). The van der Waals surface area contributed by atoms with Crippen LogP contribution in [-0.2, 0) is 11.3 Å². The summed E-state index contributed by atoms with van der Waals surface area (Å²) in [4.78, 5) is 27.5. The van der Waals surface area contributed by atoms with E-state index in [-0.39, 0.29) is 18.0 Å². The smallest absolute Gasteiger partial charge is 0.315 e. The van der Waals surface area contributed by atoms with Crippen LogP contribution >= 0.6 is 11.3 Å². The highest BCUT2D eigenvalue weighted by atomic mass is 32.1. The molecule has 1 aliphatic rings. The number of carboxylic acid groups (broad SMARTS) is 1. The van der Waals surface area contributed by atoms with Crippen LogP contribution in [-0.4, -0.2) is 28.1 Å². The minimum atomic E-state index is -0.736. The molecule has 25 heavy (non-hydrogen) atoms. The first-order valence-electron chi connectivity index (χ1n) is 8.39. The van der Waals surface area contributed by atoms with Crippen LogP contribution in [0.15, 0.2) is 35.7 Å². The van der Waals surface area contributed by atoms with Crippen LogP contribution in [0.25, 0.3) is 10.6 Å². The Morgan fingerprint density at radius 3 is 2.56 bits per heavy atom. The molecule has 132 valence electrons. The Hall–Kier alpha value is -2.41. The number of amides is 2. The minimum Gasteiger partial charge on any atom is -0.481 e. The van der Waals surface area contributed by atoms with Crippen molar-refractivity contribution in [2.24, 2.45) is 5.92 Å². The Bertz CT molecular complexity index is 724. The Kier molecular flexibility index (Phi) is 5.65. The molecule has 1 saturated carbocycles. The van der Waals surface area contributed by atoms with E-state index in [1.165, 1.54) is 0 Å². The predicted molar refractivity (Wildman–Crippen MR) is 96.3 cm³/mol. The lowest BCUT2D eigenvalue weighted by Crippen LogP contribution is -2.43. The molecule has 2 amide bonds. The Morgan fingerprint density at radius 2 is 1.88 bits per heavy atom. The van der Waals surface area contributed by atoms with Gasteiger partial charge in [0.1, 0.15) is 5.01 Å². The number of nitrogens with zero attached hydrogens (tertiary/aromatic N) is 1. The second-order valence-electron chi connectivity index (χ2n) is 6.22. The summed E-state index contributed by atoms with van der Waals surface area (Å²) in [5.41, 5.74) is 1.90. The maximum absolute atomic E-state index is 12.0. The normalized spacial score (nSPS) is 20.0. The van der Waals surface area contributed by atoms with Crippen LogP contribution in [0.3, 0.4) is 0 Å². The van der Waals surface area contributed by atoms with Crippen molar-refractivity contribution in [3.8, 4) is 10.6 Å². The SMILES string of the molecule is O=C(NCc1csc(-c2ccccc2)n1)NC1CCC(C(=O)O)CC1. The largest absolute Gasteiger partial charge is 0.481 e. The fraction of sp³-hybridized carbons (Fsp3) is 0.389. The van der Waals surface area contributed by atoms with Gasteiger partial charge in [0.15, 0.2) is 0 Å². The molecule has 1 aromatic carbocycles. The second kappa shape index (κ2) is 8.11. The Balaban J connectivity index is 1.44. The van der Waals surface area contributed by atoms with Gasteiger partial charge in [-0.1, -0.05) is 30.3 Å². The van der Waals surface area contributed by atoms with Gasteiger partial charge in [0.2, 0.25) is 0 Å². The Labute approximate surface area is 150 Å². The van der Waals surface area contributed by atoms with Gasteiger partial charge in [-0.2, -0.15) is 0 Å². The number of rotatable bonds is 5. The molecule has 0 radical (unpaired) electrons. The molecule has 0 unspecified atom stereocenters. The topological polar surface area (TPSA) is 91.3 Å². The summed E-state index contributed by atoms with van der Waals surface area (Å²) in [6, 6.07) is 9.75. The molecule has 0 aliphatic heterocycles. The lowest BCUT2D eigenvalue weighted by atomic mass is 9.86. The zero-order valence-corrected chi connectivity index (χ0v) is 14.6. The quantitative estimate of drug-likeness (QED) is 0.764. The maximum atomic E-state index is 12.0. The van der Waals surface area contributed by atoms with E-state index in [0.29, 0.717) is 32.2 Å². The molecule has 6 nitrogen and oxygen atoms in total. The first-order valence-corrected chi connectivity index (χ1v) is 9.27. The standard InChI is InChI=1S/C18H21N3O3S/c22-17(23)13-6-8-14(9-7-13)21-18(24)19-10-15-11-25-16(20-15)12-4-2-1-3-5-12/h1-5,11,13-14H,6-10H2,(H,22,23)(H2,19,21,24). The summed E-state index contributed by atoms with van der Waals surface area (Å²) < 4.78 is 0. The van der Waals surface area contributed by atoms with Gasteiger partial charge in [-0.25, -0.2) is 9.78 Å². The third-order valence-electron chi connectivity index (χ3n) is 4.41. The van der Waals surface area contributed by atoms with Crippen molar-refractivity contribution in [1.29, 1.82) is 0 Å². The summed E-state index contributed by atoms with van der Waals surface area (Å²) in [5, 5.41) is 17.6. The molecule has 1 aliphatic carbocycles. The van der Waals surface area contributed by atoms with E-state index in [0.717, 1.165) is 16.3 Å². The van der Waals surface area contributed by atoms with E-state index in [9.17, 15) is 9.59 Å². The monoisotopic (exact) mass is 359 g/mol. The zero-order chi connectivity index (χ0) is 17.6. The van der Waals surface area contributed by atoms with Crippen molar-refractivity contribution < 1.29 is 14.7 Å². The van der Waals surface area contributed by atoms with Gasteiger partial charge in [0, 0.05) is 17.0 Å². The number of thiazole rings is 1. The van der Waals surface area contributed by atoms with Gasteiger partial charge in [0.25, 0.3) is 0 Å². The van der Waals surface area contributed by atoms with Crippen molar-refractivity contribution in [2.45, 2.75) is 38.3 Å². The van der Waals surface area contributed by atoms with Gasteiger partial charge >= 0.3 is 12.0 Å². The molecule has 7 heteroatoms. The van der Waals surface area contributed by atoms with Crippen molar-refractivity contribution in [3.05, 3.63) is 41.4 Å². The number of hydrogen-bond donors (Lipinski definition) is 3. The lowest BCUT2D eigenvalue weighted by Gasteiger charge is -2.26. The van der Waals surface area contributed by atoms with Crippen molar-refractivity contribution in [3.63, 3.8) is 0 Å². The molecule has 1 aromatic heterocycles. The third kappa shape index (κ3) is 4.79. The van der Waals surface area contributed by atoms with Gasteiger partial charge in [-0.15, -0.1) is 11.3 Å². The lowest BCUT2D eigenvalue weighted by molar-refractivity contribution is -0.142. The molecule has 1 heterocycles. The number of aliphatic carboxylic acids is 1. The maximum Gasteiger partial charge on any atom is 0.315 e. The first kappa shape index (κ1) is 17.4. The number of carbonyl (C=O) groups is 2. The van der Waals surface area contributed by atoms with Crippen LogP contribution in [0.4, 0.5) is 4.79 Å². The van der Waals surface area contributed by atoms with Gasteiger partial charge in [-0.3, -0.25) is 4.79 Å². The van der Waals surface area contributed by atoms with Crippen LogP contribution in [0.2, 0.25) is 0 Å². The molecular weight excluding hydrogens is 338 g/mol. The molecule has 0 atom stereocenters. The highest BCUT2D eigenvalue weighted by molar-refractivity contribution is 7.13. The van der Waals surface area contributed by atoms with Gasteiger partial charge < -0.3 is 15.7 Å². The van der Waals surface area contributed by atoms with Crippen molar-refractivity contribution in [2.75, 3.05) is 0 Å². The van der Waals surface area contributed by atoms with E-state index >= 15 is 0 Å². The summed E-state index contributed by atoms with van der Waals surface area (Å²) >= 11 is 1.55. The van der Waals surface area contributed by atoms with Crippen molar-refractivity contribution >= 4 is 23.3 Å². The first-order chi connectivity index (χ1) is 12.1. The fourth-order valence-electron chi connectivity index (χ4n) is 2.99. The number of urea groups is 1. The summed E-state index contributed by atoms with van der Waals surface area (Å²) in [6.45, 7) is 0.375. The number of hydrogen-bond acceptors (Lipinski definition) is 4. The van der Waals surface area contributed by atoms with Gasteiger partial charge in [-0.05, 0) is 25.7 Å². The average Bonchev–Trinajstić information content (AvgIpc) is 3.10. The number of carbonyl (C=O) groups excluding carboxylic acids is 1. The number of aromatic nitrogens is 1. The van der Waals surface area contributed by atoms with Crippen LogP contribution in [0, 0.1) is 5.92 Å². The van der Waals surface area contributed by atoms with E-state index < -0.39 is 5.97 Å². The summed E-state index contributed by atoms with van der Waals surface area (Å²) in [6.07, 6.45) is 2.65. The number of nitrogens with one attached hydrogen (secondary N) is 2. The summed E-state index contributed by atoms with van der Waals surface area (Å²) in [7, 11) is 0. The van der Waals surface area contributed by atoms with E-state index in [1.54, 1.807) is 11.3 Å². The second-order valence-corrected chi connectivity index (χ2v) is 7.08. The van der Waals surface area contributed by atoms with E-state index in [1.807, 2.05) is 35.7 Å². The Morgan fingerprint density at radius 1 is 1.16 bits per heavy atom. The molecule has 2 aromatic rings. The van der Waals surface area contributed by atoms with Crippen molar-refractivity contribution in [1.82, 2.24) is 15.6 Å². The minimum absolute atomic E-state index is 0.0471. The fourth-order valence-corrected chi connectivity index (χ4v) is 3.82. The molecule has 0 spiro atoms. The molecular formula is C18H21N3O3S.